The first kappa shape index (κ1) is 26.9. The first-order chi connectivity index (χ1) is 14.1. The quantitative estimate of drug-likeness (QED) is 0.268. The third kappa shape index (κ3) is 6.21. The number of halogens is 7. The fourth-order valence-corrected chi connectivity index (χ4v) is 3.29. The number of rotatable bonds is 11. The molecular weight excluding hydrogens is 465 g/mol. The molecule has 178 valence electrons. The molecule has 1 aromatic rings. The molecule has 0 amide bonds. The van der Waals surface area contributed by atoms with Crippen molar-refractivity contribution >= 4 is 16.1 Å². The number of aryl methyl sites for hydroxylation is 1. The third-order valence-corrected chi connectivity index (χ3v) is 5.29. The largest absolute Gasteiger partial charge is 0.497 e. The van der Waals surface area contributed by atoms with E-state index in [0.29, 0.717) is 11.3 Å². The molecule has 0 aliphatic heterocycles. The molecule has 6 nitrogen and oxygen atoms in total. The highest BCUT2D eigenvalue weighted by atomic mass is 32.2. The van der Waals surface area contributed by atoms with E-state index in [1.807, 2.05) is 0 Å². The Bertz CT molecular complexity index is 838. The maximum Gasteiger partial charge on any atom is 0.461 e. The second-order valence-corrected chi connectivity index (χ2v) is 7.73. The van der Waals surface area contributed by atoms with Crippen LogP contribution in [0.1, 0.15) is 25.3 Å². The predicted molar refractivity (Wildman–Crippen MR) is 92.3 cm³/mol. The Hall–Kier alpha value is -2.09. The number of alkyl halides is 7. The lowest BCUT2D eigenvalue weighted by Gasteiger charge is -2.28. The summed E-state index contributed by atoms with van der Waals surface area (Å²) >= 11 is 0. The van der Waals surface area contributed by atoms with E-state index in [0.717, 1.165) is 0 Å². The van der Waals surface area contributed by atoms with Gasteiger partial charge >= 0.3 is 33.4 Å². The van der Waals surface area contributed by atoms with Crippen LogP contribution >= 0.6 is 0 Å². The number of methoxy groups -OCH3 is 1. The zero-order valence-corrected chi connectivity index (χ0v) is 17.0. The number of benzene rings is 1. The zero-order valence-electron chi connectivity index (χ0n) is 16.2. The van der Waals surface area contributed by atoms with Crippen molar-refractivity contribution in [3.8, 4) is 5.75 Å². The van der Waals surface area contributed by atoms with Gasteiger partial charge in [-0.05, 0) is 43.9 Å². The van der Waals surface area contributed by atoms with E-state index in [9.17, 15) is 43.9 Å². The van der Waals surface area contributed by atoms with Gasteiger partial charge < -0.3 is 9.47 Å². The number of hydrogen-bond acceptors (Lipinski definition) is 6. The van der Waals surface area contributed by atoms with Crippen molar-refractivity contribution < 1.29 is 57.6 Å². The molecule has 0 fully saturated rings. The average molecular weight is 484 g/mol. The molecule has 1 unspecified atom stereocenters. The molecule has 0 aliphatic rings. The Morgan fingerprint density at radius 2 is 1.58 bits per heavy atom. The minimum absolute atomic E-state index is 0.0768. The lowest BCUT2D eigenvalue weighted by Crippen LogP contribution is -2.57. The summed E-state index contributed by atoms with van der Waals surface area (Å²) in [6.07, 6.45) is -9.76. The summed E-state index contributed by atoms with van der Waals surface area (Å²) in [5.74, 6) is -7.94. The van der Waals surface area contributed by atoms with E-state index in [1.165, 1.54) is 14.0 Å². The highest BCUT2D eigenvalue weighted by Gasteiger charge is 2.79. The highest BCUT2D eigenvalue weighted by molar-refractivity contribution is 7.87. The van der Waals surface area contributed by atoms with E-state index < -0.39 is 46.0 Å². The summed E-state index contributed by atoms with van der Waals surface area (Å²) < 4.78 is 127. The van der Waals surface area contributed by atoms with Crippen molar-refractivity contribution in [3.63, 3.8) is 0 Å². The molecule has 1 rings (SSSR count). The molecule has 0 N–H and O–H groups in total. The monoisotopic (exact) mass is 484 g/mol. The van der Waals surface area contributed by atoms with Gasteiger partial charge in [-0.2, -0.15) is 39.2 Å². The first-order valence-corrected chi connectivity index (χ1v) is 10.1. The third-order valence-electron chi connectivity index (χ3n) is 3.92. The van der Waals surface area contributed by atoms with E-state index in [1.54, 1.807) is 24.3 Å². The number of esters is 1. The van der Waals surface area contributed by atoms with Crippen LogP contribution in [0.2, 0.25) is 0 Å². The van der Waals surface area contributed by atoms with Crippen LogP contribution in [0.25, 0.3) is 0 Å². The van der Waals surface area contributed by atoms with Gasteiger partial charge in [-0.25, -0.2) is 4.79 Å². The van der Waals surface area contributed by atoms with Crippen LogP contribution in [-0.4, -0.2) is 51.6 Å². The van der Waals surface area contributed by atoms with E-state index >= 15 is 0 Å². The average Bonchev–Trinajstić information content (AvgIpc) is 2.66. The zero-order chi connectivity index (χ0) is 24.1. The highest BCUT2D eigenvalue weighted by Crippen LogP contribution is 2.49. The minimum Gasteiger partial charge on any atom is -0.497 e. The van der Waals surface area contributed by atoms with Crippen LogP contribution in [0.5, 0.6) is 5.75 Å². The number of carbonyl (C=O) groups is 1. The van der Waals surface area contributed by atoms with Crippen LogP contribution in [-0.2, 0) is 30.3 Å². The van der Waals surface area contributed by atoms with Crippen LogP contribution in [0.3, 0.4) is 0 Å². The number of hydrogen-bond donors (Lipinski definition) is 0. The van der Waals surface area contributed by atoms with E-state index in [2.05, 4.69) is 8.92 Å². The Labute approximate surface area is 173 Å². The Balaban J connectivity index is 3.00. The Morgan fingerprint density at radius 1 is 1.03 bits per heavy atom. The molecule has 14 heteroatoms. The minimum atomic E-state index is -6.96. The second-order valence-electron chi connectivity index (χ2n) is 6.12. The molecule has 0 aliphatic carbocycles. The van der Waals surface area contributed by atoms with Gasteiger partial charge in [0.2, 0.25) is 0 Å². The molecule has 0 saturated carbocycles. The van der Waals surface area contributed by atoms with E-state index in [-0.39, 0.29) is 19.4 Å². The SMILES string of the molecule is CCOC(=O)C(CCCc1ccc(OC)cc1)OS(=O)(=O)C(F)(F)C(F)(F)C(F)(F)F. The van der Waals surface area contributed by atoms with Gasteiger partial charge in [-0.1, -0.05) is 12.1 Å². The topological polar surface area (TPSA) is 78.9 Å². The van der Waals surface area contributed by atoms with Gasteiger partial charge in [0.05, 0.1) is 13.7 Å². The molecule has 0 radical (unpaired) electrons. The van der Waals surface area contributed by atoms with E-state index in [4.69, 9.17) is 4.74 Å². The van der Waals surface area contributed by atoms with Crippen molar-refractivity contribution in [2.45, 2.75) is 49.6 Å². The smallest absolute Gasteiger partial charge is 0.461 e. The predicted octanol–water partition coefficient (Wildman–Crippen LogP) is 4.09. The summed E-state index contributed by atoms with van der Waals surface area (Å²) in [5, 5.41) is -6.68. The summed E-state index contributed by atoms with van der Waals surface area (Å²) in [7, 11) is -5.46. The molecule has 31 heavy (non-hydrogen) atoms. The van der Waals surface area contributed by atoms with Crippen molar-refractivity contribution in [2.24, 2.45) is 0 Å². The summed E-state index contributed by atoms with van der Waals surface area (Å²) in [4.78, 5) is 11.8. The van der Waals surface area contributed by atoms with Crippen molar-refractivity contribution in [2.75, 3.05) is 13.7 Å². The van der Waals surface area contributed by atoms with Crippen molar-refractivity contribution in [3.05, 3.63) is 29.8 Å². The molecule has 0 saturated heterocycles. The molecule has 0 aromatic heterocycles. The summed E-state index contributed by atoms with van der Waals surface area (Å²) in [5.41, 5.74) is 0.653. The summed E-state index contributed by atoms with van der Waals surface area (Å²) in [6, 6.07) is 6.37. The molecule has 0 bridgehead atoms. The fourth-order valence-electron chi connectivity index (χ4n) is 2.26. The number of ether oxygens (including phenoxy) is 2. The Morgan fingerprint density at radius 3 is 2.03 bits per heavy atom. The van der Waals surface area contributed by atoms with Gasteiger partial charge in [0, 0.05) is 0 Å². The molecular formula is C17H19F7O6S. The normalized spacial score (nSPS) is 14.2. The number of carbonyl (C=O) groups excluding carboxylic acids is 1. The van der Waals surface area contributed by atoms with Crippen molar-refractivity contribution in [1.29, 1.82) is 0 Å². The van der Waals surface area contributed by atoms with Crippen LogP contribution in [0.15, 0.2) is 24.3 Å². The fraction of sp³-hybridized carbons (Fsp3) is 0.588. The molecule has 1 atom stereocenters. The molecule has 1 aromatic carbocycles. The van der Waals surface area contributed by atoms with Crippen LogP contribution in [0, 0.1) is 0 Å². The summed E-state index contributed by atoms with van der Waals surface area (Å²) in [6.45, 7) is 0.916. The molecule has 0 spiro atoms. The lowest BCUT2D eigenvalue weighted by atomic mass is 10.1. The van der Waals surface area contributed by atoms with Crippen LogP contribution in [0.4, 0.5) is 30.7 Å². The van der Waals surface area contributed by atoms with Gasteiger partial charge in [0.1, 0.15) is 5.75 Å². The lowest BCUT2D eigenvalue weighted by molar-refractivity contribution is -0.333. The Kier molecular flexibility index (Phi) is 8.71. The van der Waals surface area contributed by atoms with Crippen LogP contribution < -0.4 is 4.74 Å². The van der Waals surface area contributed by atoms with Gasteiger partial charge in [0.15, 0.2) is 6.10 Å². The standard InChI is InChI=1S/C17H19F7O6S/c1-3-29-14(25)13(6-4-5-11-7-9-12(28-2)10-8-11)30-31(26,27)17(23,24)15(18,19)16(20,21)22/h7-10,13H,3-6H2,1-2H3. The van der Waals surface area contributed by atoms with Gasteiger partial charge in [-0.3, -0.25) is 4.18 Å². The second kappa shape index (κ2) is 10.0. The van der Waals surface area contributed by atoms with Gasteiger partial charge in [-0.15, -0.1) is 0 Å². The maximum absolute atomic E-state index is 13.6. The van der Waals surface area contributed by atoms with Crippen molar-refractivity contribution in [1.82, 2.24) is 0 Å². The maximum atomic E-state index is 13.6. The first-order valence-electron chi connectivity index (χ1n) is 8.65. The van der Waals surface area contributed by atoms with Gasteiger partial charge in [0.25, 0.3) is 0 Å². The molecule has 0 heterocycles.